The summed E-state index contributed by atoms with van der Waals surface area (Å²) >= 11 is 0. The molecule has 3 heteroatoms. The number of hydrogen-bond donors (Lipinski definition) is 0. The highest BCUT2D eigenvalue weighted by Crippen LogP contribution is 2.23. The van der Waals surface area contributed by atoms with Crippen molar-refractivity contribution >= 4 is 5.78 Å². The second-order valence-corrected chi connectivity index (χ2v) is 5.29. The average Bonchev–Trinajstić information content (AvgIpc) is 2.50. The minimum Gasteiger partial charge on any atom is -0.377 e. The van der Waals surface area contributed by atoms with Gasteiger partial charge in [-0.15, -0.1) is 0 Å². The van der Waals surface area contributed by atoms with Crippen LogP contribution in [0.5, 0.6) is 0 Å². The van der Waals surface area contributed by atoms with E-state index >= 15 is 0 Å². The maximum absolute atomic E-state index is 11.4. The van der Waals surface area contributed by atoms with Gasteiger partial charge < -0.3 is 4.74 Å². The van der Waals surface area contributed by atoms with Crippen LogP contribution < -0.4 is 0 Å². The molecule has 0 aromatic carbocycles. The molecule has 15 heavy (non-hydrogen) atoms. The molecule has 0 aromatic rings. The molecular weight excluding hydrogens is 190 g/mol. The van der Waals surface area contributed by atoms with E-state index in [1.165, 1.54) is 0 Å². The van der Waals surface area contributed by atoms with E-state index in [2.05, 4.69) is 18.9 Å². The van der Waals surface area contributed by atoms with E-state index in [0.717, 1.165) is 19.6 Å². The van der Waals surface area contributed by atoms with E-state index in [9.17, 15) is 4.79 Å². The molecule has 0 bridgehead atoms. The summed E-state index contributed by atoms with van der Waals surface area (Å²) < 4.78 is 5.53. The Morgan fingerprint density at radius 3 is 2.53 bits per heavy atom. The van der Waals surface area contributed by atoms with Crippen LogP contribution in [0.25, 0.3) is 0 Å². The number of carbonyl (C=O) groups is 1. The Balaban J connectivity index is 2.54. The molecule has 0 radical (unpaired) electrons. The molecule has 1 rings (SSSR count). The summed E-state index contributed by atoms with van der Waals surface area (Å²) in [5, 5.41) is 0. The van der Waals surface area contributed by atoms with Crippen LogP contribution in [0.2, 0.25) is 0 Å². The van der Waals surface area contributed by atoms with Crippen molar-refractivity contribution in [2.24, 2.45) is 5.41 Å². The van der Waals surface area contributed by atoms with Gasteiger partial charge in [-0.3, -0.25) is 9.69 Å². The molecule has 1 aliphatic heterocycles. The fourth-order valence-electron chi connectivity index (χ4n) is 2.15. The fourth-order valence-corrected chi connectivity index (χ4v) is 2.15. The zero-order valence-electron chi connectivity index (χ0n) is 10.5. The molecule has 0 aromatic heterocycles. The summed E-state index contributed by atoms with van der Waals surface area (Å²) in [6.45, 7) is 9.44. The van der Waals surface area contributed by atoms with E-state index in [-0.39, 0.29) is 17.3 Å². The third-order valence-electron chi connectivity index (χ3n) is 3.50. The molecule has 1 fully saturated rings. The predicted molar refractivity (Wildman–Crippen MR) is 60.9 cm³/mol. The third-order valence-corrected chi connectivity index (χ3v) is 3.50. The molecule has 0 aliphatic carbocycles. The molecule has 1 aliphatic rings. The molecule has 88 valence electrons. The highest BCUT2D eigenvalue weighted by atomic mass is 16.5. The van der Waals surface area contributed by atoms with Gasteiger partial charge in [0.15, 0.2) is 0 Å². The van der Waals surface area contributed by atoms with Crippen molar-refractivity contribution in [1.82, 2.24) is 4.90 Å². The Morgan fingerprint density at radius 1 is 1.53 bits per heavy atom. The van der Waals surface area contributed by atoms with E-state index in [1.807, 2.05) is 13.8 Å². The standard InChI is InChI=1S/C12H23NO2/c1-9-11(6-7-15-9)13(5)8-12(3,4)10(2)14/h9,11H,6-8H2,1-5H3. The van der Waals surface area contributed by atoms with E-state index < -0.39 is 0 Å². The Morgan fingerprint density at radius 2 is 2.13 bits per heavy atom. The Bertz CT molecular complexity index is 238. The van der Waals surface area contributed by atoms with Gasteiger partial charge in [-0.1, -0.05) is 13.8 Å². The van der Waals surface area contributed by atoms with Gasteiger partial charge in [-0.2, -0.15) is 0 Å². The van der Waals surface area contributed by atoms with Gasteiger partial charge in [0.05, 0.1) is 6.10 Å². The van der Waals surface area contributed by atoms with Crippen LogP contribution in [-0.2, 0) is 9.53 Å². The minimum atomic E-state index is -0.253. The van der Waals surface area contributed by atoms with Crippen LogP contribution in [-0.4, -0.2) is 43.0 Å². The normalized spacial score (nSPS) is 27.3. The van der Waals surface area contributed by atoms with Gasteiger partial charge in [-0.25, -0.2) is 0 Å². The average molecular weight is 213 g/mol. The summed E-state index contributed by atoms with van der Waals surface area (Å²) in [5.74, 6) is 0.251. The van der Waals surface area contributed by atoms with Gasteiger partial charge in [0.1, 0.15) is 5.78 Å². The van der Waals surface area contributed by atoms with Crippen molar-refractivity contribution in [2.45, 2.75) is 46.3 Å². The van der Waals surface area contributed by atoms with E-state index in [4.69, 9.17) is 4.74 Å². The molecule has 0 spiro atoms. The number of likely N-dealkylation sites (N-methyl/N-ethyl adjacent to an activating group) is 1. The van der Waals surface area contributed by atoms with Gasteiger partial charge in [0.2, 0.25) is 0 Å². The summed E-state index contributed by atoms with van der Waals surface area (Å²) in [4.78, 5) is 13.7. The molecule has 0 N–H and O–H groups in total. The third kappa shape index (κ3) is 3.02. The number of ketones is 1. The van der Waals surface area contributed by atoms with Crippen molar-refractivity contribution in [2.75, 3.05) is 20.2 Å². The Kier molecular flexibility index (Phi) is 3.90. The molecule has 3 nitrogen and oxygen atoms in total. The lowest BCUT2D eigenvalue weighted by molar-refractivity contribution is -0.126. The number of Topliss-reactive ketones (excluding diaryl/α,β-unsaturated/α-hetero) is 1. The Labute approximate surface area is 92.8 Å². The predicted octanol–water partition coefficient (Wildman–Crippen LogP) is 1.71. The molecule has 0 amide bonds. The zero-order chi connectivity index (χ0) is 11.6. The second-order valence-electron chi connectivity index (χ2n) is 5.29. The Hall–Kier alpha value is -0.410. The SMILES string of the molecule is CC(=O)C(C)(C)CN(C)C1CCOC1C. The van der Waals surface area contributed by atoms with Crippen molar-refractivity contribution in [3.63, 3.8) is 0 Å². The number of rotatable bonds is 4. The van der Waals surface area contributed by atoms with Gasteiger partial charge >= 0.3 is 0 Å². The van der Waals surface area contributed by atoms with Crippen LogP contribution in [0, 0.1) is 5.41 Å². The van der Waals surface area contributed by atoms with Crippen molar-refractivity contribution < 1.29 is 9.53 Å². The summed E-state index contributed by atoms with van der Waals surface area (Å²) in [7, 11) is 2.08. The smallest absolute Gasteiger partial charge is 0.136 e. The lowest BCUT2D eigenvalue weighted by atomic mass is 9.88. The number of carbonyl (C=O) groups excluding carboxylic acids is 1. The molecule has 2 atom stereocenters. The molecular formula is C12H23NO2. The van der Waals surface area contributed by atoms with Crippen molar-refractivity contribution in [3.8, 4) is 0 Å². The van der Waals surface area contributed by atoms with Crippen molar-refractivity contribution in [1.29, 1.82) is 0 Å². The van der Waals surface area contributed by atoms with Crippen LogP contribution >= 0.6 is 0 Å². The van der Waals surface area contributed by atoms with Crippen LogP contribution in [0.1, 0.15) is 34.1 Å². The molecule has 1 saturated heterocycles. The number of nitrogens with zero attached hydrogens (tertiary/aromatic N) is 1. The second kappa shape index (κ2) is 4.62. The first-order valence-corrected chi connectivity index (χ1v) is 5.67. The van der Waals surface area contributed by atoms with Crippen LogP contribution in [0.3, 0.4) is 0 Å². The minimum absolute atomic E-state index is 0.251. The van der Waals surface area contributed by atoms with Crippen molar-refractivity contribution in [3.05, 3.63) is 0 Å². The first-order valence-electron chi connectivity index (χ1n) is 5.67. The lowest BCUT2D eigenvalue weighted by Crippen LogP contribution is -2.44. The van der Waals surface area contributed by atoms with Crippen LogP contribution in [0.15, 0.2) is 0 Å². The topological polar surface area (TPSA) is 29.5 Å². The maximum atomic E-state index is 11.4. The molecule has 1 heterocycles. The van der Waals surface area contributed by atoms with Gasteiger partial charge in [0, 0.05) is 24.6 Å². The van der Waals surface area contributed by atoms with Gasteiger partial charge in [-0.05, 0) is 27.3 Å². The highest BCUT2D eigenvalue weighted by Gasteiger charge is 2.32. The lowest BCUT2D eigenvalue weighted by Gasteiger charge is -2.33. The van der Waals surface area contributed by atoms with Crippen LogP contribution in [0.4, 0.5) is 0 Å². The number of ether oxygens (including phenoxy) is 1. The fraction of sp³-hybridized carbons (Fsp3) is 0.917. The molecule has 2 unspecified atom stereocenters. The zero-order valence-corrected chi connectivity index (χ0v) is 10.5. The summed E-state index contributed by atoms with van der Waals surface area (Å²) in [6.07, 6.45) is 1.36. The van der Waals surface area contributed by atoms with E-state index in [0.29, 0.717) is 6.04 Å². The largest absolute Gasteiger partial charge is 0.377 e. The monoisotopic (exact) mass is 213 g/mol. The first-order chi connectivity index (χ1) is 6.84. The molecule has 0 saturated carbocycles. The first kappa shape index (κ1) is 12.7. The number of hydrogen-bond acceptors (Lipinski definition) is 3. The van der Waals surface area contributed by atoms with Gasteiger partial charge in [0.25, 0.3) is 0 Å². The summed E-state index contributed by atoms with van der Waals surface area (Å²) in [6, 6.07) is 0.462. The summed E-state index contributed by atoms with van der Waals surface area (Å²) in [5.41, 5.74) is -0.253. The quantitative estimate of drug-likeness (QED) is 0.712. The van der Waals surface area contributed by atoms with E-state index in [1.54, 1.807) is 6.92 Å². The maximum Gasteiger partial charge on any atom is 0.136 e. The highest BCUT2D eigenvalue weighted by molar-refractivity contribution is 5.81.